The summed E-state index contributed by atoms with van der Waals surface area (Å²) >= 11 is 0. The zero-order valence-corrected chi connectivity index (χ0v) is 14.4. The van der Waals surface area contributed by atoms with Gasteiger partial charge in [-0.05, 0) is 37.5 Å². The van der Waals surface area contributed by atoms with Crippen LogP contribution in [0.15, 0.2) is 42.5 Å². The molecule has 2 atom stereocenters. The molecule has 1 saturated heterocycles. The molecule has 25 heavy (non-hydrogen) atoms. The first-order chi connectivity index (χ1) is 12.1. The number of aliphatic hydroxyl groups excluding tert-OH is 1. The van der Waals surface area contributed by atoms with Crippen LogP contribution in [0.5, 0.6) is 0 Å². The number of aromatic nitrogens is 2. The van der Waals surface area contributed by atoms with Gasteiger partial charge in [0.25, 0.3) is 0 Å². The van der Waals surface area contributed by atoms with Crippen molar-refractivity contribution in [3.63, 3.8) is 0 Å². The van der Waals surface area contributed by atoms with Gasteiger partial charge in [0.2, 0.25) is 5.91 Å². The summed E-state index contributed by atoms with van der Waals surface area (Å²) in [6.07, 6.45) is 1.17. The lowest BCUT2D eigenvalue weighted by atomic mass is 10.0. The van der Waals surface area contributed by atoms with Gasteiger partial charge < -0.3 is 15.3 Å². The summed E-state index contributed by atoms with van der Waals surface area (Å²) in [4.78, 5) is 14.4. The van der Waals surface area contributed by atoms with E-state index in [1.165, 1.54) is 0 Å². The molecule has 1 aromatic carbocycles. The van der Waals surface area contributed by atoms with Gasteiger partial charge in [-0.3, -0.25) is 4.79 Å². The minimum absolute atomic E-state index is 0.00905. The third-order valence-corrected chi connectivity index (χ3v) is 4.45. The maximum Gasteiger partial charge on any atom is 0.249 e. The Bertz CT molecular complexity index is 690. The molecule has 0 spiro atoms. The highest BCUT2D eigenvalue weighted by atomic mass is 16.3. The van der Waals surface area contributed by atoms with Crippen molar-refractivity contribution in [3.8, 4) is 0 Å². The monoisotopic (exact) mass is 340 g/mol. The Labute approximate surface area is 147 Å². The fraction of sp³-hybridized carbons (Fsp3) is 0.421. The molecular formula is C19H24N4O2. The number of aryl methyl sites for hydroxylation is 1. The van der Waals surface area contributed by atoms with Gasteiger partial charge in [-0.1, -0.05) is 30.3 Å². The van der Waals surface area contributed by atoms with Gasteiger partial charge in [-0.25, -0.2) is 0 Å². The van der Waals surface area contributed by atoms with E-state index in [4.69, 9.17) is 0 Å². The van der Waals surface area contributed by atoms with Crippen LogP contribution in [0.25, 0.3) is 0 Å². The quantitative estimate of drug-likeness (QED) is 0.862. The molecule has 2 aromatic rings. The molecule has 1 aliphatic heterocycles. The van der Waals surface area contributed by atoms with Crippen LogP contribution in [0, 0.1) is 6.92 Å². The summed E-state index contributed by atoms with van der Waals surface area (Å²) < 4.78 is 0. The van der Waals surface area contributed by atoms with E-state index in [9.17, 15) is 9.90 Å². The van der Waals surface area contributed by atoms with E-state index in [2.05, 4.69) is 20.4 Å². The van der Waals surface area contributed by atoms with Gasteiger partial charge in [-0.2, -0.15) is 5.10 Å². The lowest BCUT2D eigenvalue weighted by Gasteiger charge is -2.34. The average Bonchev–Trinajstić information content (AvgIpc) is 2.63. The number of aliphatic hydroxyl groups is 1. The van der Waals surface area contributed by atoms with Gasteiger partial charge >= 0.3 is 0 Å². The molecule has 2 heterocycles. The number of anilines is 1. The van der Waals surface area contributed by atoms with Crippen molar-refractivity contribution >= 4 is 11.7 Å². The number of hydrogen-bond acceptors (Lipinski definition) is 5. The minimum atomic E-state index is -1.03. The van der Waals surface area contributed by atoms with Crippen LogP contribution in [0.1, 0.15) is 24.1 Å². The highest BCUT2D eigenvalue weighted by molar-refractivity contribution is 5.81. The van der Waals surface area contributed by atoms with Crippen LogP contribution in [0.4, 0.5) is 5.82 Å². The summed E-state index contributed by atoms with van der Waals surface area (Å²) in [6.45, 7) is 3.49. The molecule has 6 heteroatoms. The Balaban J connectivity index is 1.54. The molecule has 1 unspecified atom stereocenters. The van der Waals surface area contributed by atoms with Crippen LogP contribution in [-0.2, 0) is 11.2 Å². The maximum atomic E-state index is 12.3. The summed E-state index contributed by atoms with van der Waals surface area (Å²) in [5, 5.41) is 21.5. The van der Waals surface area contributed by atoms with Crippen molar-refractivity contribution < 1.29 is 9.90 Å². The summed E-state index contributed by atoms with van der Waals surface area (Å²) in [7, 11) is 0. The second-order valence-electron chi connectivity index (χ2n) is 6.53. The van der Waals surface area contributed by atoms with Crippen LogP contribution in [-0.4, -0.2) is 46.4 Å². The Morgan fingerprint density at radius 3 is 2.80 bits per heavy atom. The number of benzene rings is 1. The number of nitrogens with one attached hydrogen (secondary N) is 1. The summed E-state index contributed by atoms with van der Waals surface area (Å²) in [5.41, 5.74) is 1.83. The highest BCUT2D eigenvalue weighted by Crippen LogP contribution is 2.17. The van der Waals surface area contributed by atoms with E-state index < -0.39 is 6.10 Å². The molecule has 0 radical (unpaired) electrons. The van der Waals surface area contributed by atoms with Gasteiger partial charge in [0.05, 0.1) is 5.69 Å². The lowest BCUT2D eigenvalue weighted by molar-refractivity contribution is -0.130. The SMILES string of the molecule is Cc1ccc(N2CCCC(NC(=O)[C@@H](O)Cc3ccccc3)C2)nn1. The summed E-state index contributed by atoms with van der Waals surface area (Å²) in [6, 6.07) is 13.5. The molecule has 1 amide bonds. The van der Waals surface area contributed by atoms with E-state index in [0.717, 1.165) is 36.5 Å². The van der Waals surface area contributed by atoms with Gasteiger partial charge in [0.1, 0.15) is 6.10 Å². The predicted octanol–water partition coefficient (Wildman–Crippen LogP) is 1.47. The van der Waals surface area contributed by atoms with Gasteiger partial charge in [-0.15, -0.1) is 5.10 Å². The van der Waals surface area contributed by atoms with Gasteiger partial charge in [0.15, 0.2) is 5.82 Å². The fourth-order valence-corrected chi connectivity index (χ4v) is 3.09. The lowest BCUT2D eigenvalue weighted by Crippen LogP contribution is -2.50. The number of nitrogens with zero attached hydrogens (tertiary/aromatic N) is 3. The predicted molar refractivity (Wildman–Crippen MR) is 96.3 cm³/mol. The van der Waals surface area contributed by atoms with Crippen LogP contribution in [0.2, 0.25) is 0 Å². The molecule has 1 aromatic heterocycles. The van der Waals surface area contributed by atoms with E-state index in [1.54, 1.807) is 0 Å². The zero-order chi connectivity index (χ0) is 17.6. The second kappa shape index (κ2) is 8.07. The Kier molecular flexibility index (Phi) is 5.60. The number of carbonyl (C=O) groups is 1. The molecule has 1 aliphatic rings. The number of amides is 1. The smallest absolute Gasteiger partial charge is 0.249 e. The van der Waals surface area contributed by atoms with E-state index in [1.807, 2.05) is 49.4 Å². The Morgan fingerprint density at radius 1 is 1.28 bits per heavy atom. The van der Waals surface area contributed by atoms with Crippen molar-refractivity contribution in [2.75, 3.05) is 18.0 Å². The van der Waals surface area contributed by atoms with Crippen molar-refractivity contribution in [3.05, 3.63) is 53.7 Å². The van der Waals surface area contributed by atoms with Gasteiger partial charge in [0, 0.05) is 25.6 Å². The normalized spacial score (nSPS) is 18.6. The average molecular weight is 340 g/mol. The summed E-state index contributed by atoms with van der Waals surface area (Å²) in [5.74, 6) is 0.514. The third-order valence-electron chi connectivity index (χ3n) is 4.45. The first-order valence-electron chi connectivity index (χ1n) is 8.69. The number of carbonyl (C=O) groups excluding carboxylic acids is 1. The standard InChI is InChI=1S/C19H24N4O2/c1-14-9-10-18(22-21-14)23-11-5-8-16(13-23)20-19(25)17(24)12-15-6-3-2-4-7-15/h2-4,6-7,9-10,16-17,24H,5,8,11-13H2,1H3,(H,20,25)/t16?,17-/m0/s1. The molecule has 1 fully saturated rings. The minimum Gasteiger partial charge on any atom is -0.383 e. The zero-order valence-electron chi connectivity index (χ0n) is 14.4. The topological polar surface area (TPSA) is 78.4 Å². The molecule has 0 bridgehead atoms. The van der Waals surface area contributed by atoms with Crippen LogP contribution < -0.4 is 10.2 Å². The number of hydrogen-bond donors (Lipinski definition) is 2. The Hall–Kier alpha value is -2.47. The molecule has 132 valence electrons. The third kappa shape index (κ3) is 4.76. The molecule has 6 nitrogen and oxygen atoms in total. The Morgan fingerprint density at radius 2 is 2.08 bits per heavy atom. The largest absolute Gasteiger partial charge is 0.383 e. The first kappa shape index (κ1) is 17.4. The van der Waals surface area contributed by atoms with Crippen molar-refractivity contribution in [1.82, 2.24) is 15.5 Å². The first-order valence-corrected chi connectivity index (χ1v) is 8.69. The van der Waals surface area contributed by atoms with E-state index in [0.29, 0.717) is 13.0 Å². The number of rotatable bonds is 5. The molecule has 3 rings (SSSR count). The molecule has 0 saturated carbocycles. The van der Waals surface area contributed by atoms with Crippen molar-refractivity contribution in [2.45, 2.75) is 38.3 Å². The molecule has 0 aliphatic carbocycles. The van der Waals surface area contributed by atoms with Crippen LogP contribution in [0.3, 0.4) is 0 Å². The number of piperidine rings is 1. The molecule has 2 N–H and O–H groups in total. The second-order valence-corrected chi connectivity index (χ2v) is 6.53. The highest BCUT2D eigenvalue weighted by Gasteiger charge is 2.25. The fourth-order valence-electron chi connectivity index (χ4n) is 3.09. The van der Waals surface area contributed by atoms with Crippen molar-refractivity contribution in [2.24, 2.45) is 0 Å². The molecular weight excluding hydrogens is 316 g/mol. The van der Waals surface area contributed by atoms with E-state index in [-0.39, 0.29) is 11.9 Å². The maximum absolute atomic E-state index is 12.3. The van der Waals surface area contributed by atoms with Crippen molar-refractivity contribution in [1.29, 1.82) is 0 Å². The van der Waals surface area contributed by atoms with E-state index >= 15 is 0 Å². The van der Waals surface area contributed by atoms with Crippen LogP contribution >= 0.6 is 0 Å².